The molecule has 3 N–H and O–H groups in total. The Hall–Kier alpha value is -4.17. The number of nitrogens with zero attached hydrogens (tertiary/aromatic N) is 2. The molecule has 244 valence electrons. The van der Waals surface area contributed by atoms with E-state index in [1.54, 1.807) is 0 Å². The number of halogens is 1. The van der Waals surface area contributed by atoms with Crippen LogP contribution >= 0.6 is 22.6 Å². The van der Waals surface area contributed by atoms with Gasteiger partial charge in [0.05, 0.1) is 22.2 Å². The Labute approximate surface area is 296 Å². The van der Waals surface area contributed by atoms with Crippen LogP contribution < -0.4 is 10.7 Å². The highest BCUT2D eigenvalue weighted by Gasteiger charge is 2.32. The van der Waals surface area contributed by atoms with E-state index in [-0.39, 0.29) is 16.6 Å². The molecule has 5 heterocycles. The number of aromatic amines is 2. The van der Waals surface area contributed by atoms with Gasteiger partial charge in [0.25, 0.3) is 0 Å². The molecule has 0 fully saturated rings. The Morgan fingerprint density at radius 3 is 1.88 bits per heavy atom. The van der Waals surface area contributed by atoms with E-state index < -0.39 is 5.41 Å². The lowest BCUT2D eigenvalue weighted by molar-refractivity contribution is 0.422. The fourth-order valence-corrected chi connectivity index (χ4v) is 6.93. The molecular weight excluding hydrogens is 703 g/mol. The number of aromatic nitrogens is 4. The summed E-state index contributed by atoms with van der Waals surface area (Å²) >= 11 is 2.35. The first-order chi connectivity index (χ1) is 22.6. The molecule has 0 saturated heterocycles. The van der Waals surface area contributed by atoms with Crippen molar-refractivity contribution in [3.8, 4) is 22.3 Å². The first-order valence-corrected chi connectivity index (χ1v) is 17.7. The molecular formula is C42H43IN4O. The summed E-state index contributed by atoms with van der Waals surface area (Å²) in [5, 5.41) is 12.9. The summed E-state index contributed by atoms with van der Waals surface area (Å²) < 4.78 is 1.18. The van der Waals surface area contributed by atoms with Gasteiger partial charge in [-0.2, -0.15) is 0 Å². The summed E-state index contributed by atoms with van der Waals surface area (Å²) in [4.78, 5) is 17.7. The number of nitrogens with one attached hydrogen (secondary N) is 2. The zero-order valence-electron chi connectivity index (χ0n) is 29.0. The molecule has 0 aliphatic carbocycles. The second kappa shape index (κ2) is 11.5. The van der Waals surface area contributed by atoms with Gasteiger partial charge in [0, 0.05) is 43.2 Å². The molecule has 0 radical (unpaired) electrons. The van der Waals surface area contributed by atoms with Crippen LogP contribution in [0.4, 0.5) is 0 Å². The van der Waals surface area contributed by atoms with Gasteiger partial charge in [0.2, 0.25) is 0 Å². The third kappa shape index (κ3) is 5.89. The van der Waals surface area contributed by atoms with Crippen molar-refractivity contribution < 1.29 is 5.11 Å². The topological polar surface area (TPSA) is 77.6 Å². The molecule has 5 aromatic rings. The lowest BCUT2D eigenvalue weighted by Crippen LogP contribution is -2.17. The molecule has 2 aliphatic rings. The molecule has 0 spiro atoms. The standard InChI is InChI=1S/C42H43IN4O/c1-40(2,3)26-19-25(20-27(21-26)41(4,5)6)38-32-16-14-30(45-32)23-36-42(7,8)39(48)35(47-36)22-29-13-15-31(44-29)37(33-17-18-34(38)46-33)24-9-11-28(43)12-10-24/h9-17,19-23,44-45,48H,18H2,1-8H3. The maximum Gasteiger partial charge on any atom is 0.129 e. The average molecular weight is 747 g/mol. The van der Waals surface area contributed by atoms with E-state index in [1.165, 1.54) is 14.7 Å². The van der Waals surface area contributed by atoms with Crippen molar-refractivity contribution in [3.05, 3.63) is 116 Å². The van der Waals surface area contributed by atoms with Gasteiger partial charge in [-0.15, -0.1) is 0 Å². The summed E-state index contributed by atoms with van der Waals surface area (Å²) in [5.41, 5.74) is 11.9. The Balaban J connectivity index is 1.66. The molecule has 5 nitrogen and oxygen atoms in total. The van der Waals surface area contributed by atoms with Crippen LogP contribution in [0.25, 0.3) is 56.2 Å². The van der Waals surface area contributed by atoms with Crippen LogP contribution in [0.5, 0.6) is 0 Å². The number of hydrogen-bond donors (Lipinski definition) is 3. The van der Waals surface area contributed by atoms with Crippen LogP contribution in [0.15, 0.2) is 78.9 Å². The predicted molar refractivity (Wildman–Crippen MR) is 208 cm³/mol. The first-order valence-electron chi connectivity index (χ1n) is 16.6. The molecule has 2 aliphatic heterocycles. The summed E-state index contributed by atoms with van der Waals surface area (Å²) in [7, 11) is 0. The molecule has 7 rings (SSSR count). The third-order valence-electron chi connectivity index (χ3n) is 9.63. The zero-order valence-corrected chi connectivity index (χ0v) is 31.2. The third-order valence-corrected chi connectivity index (χ3v) is 10.4. The summed E-state index contributed by atoms with van der Waals surface area (Å²) in [6.45, 7) is 17.7. The molecule has 0 atom stereocenters. The SMILES string of the molecule is CC(C)(C)c1cc(-c2c3nc(c(-c4ccc(I)cc4)c4ccc(cc5nc(cc6ccc2[nH]6)C(C)(C)C=5O)[nH]4)=CC3)cc(C(C)(C)C)c1. The minimum atomic E-state index is -0.637. The predicted octanol–water partition coefficient (Wildman–Crippen LogP) is 9.52. The van der Waals surface area contributed by atoms with Gasteiger partial charge < -0.3 is 15.1 Å². The van der Waals surface area contributed by atoms with Crippen LogP contribution in [0.2, 0.25) is 0 Å². The van der Waals surface area contributed by atoms with Crippen molar-refractivity contribution in [1.29, 1.82) is 0 Å². The van der Waals surface area contributed by atoms with Crippen molar-refractivity contribution in [3.63, 3.8) is 0 Å². The van der Waals surface area contributed by atoms with E-state index in [2.05, 4.69) is 147 Å². The number of hydrogen-bond acceptors (Lipinski definition) is 3. The zero-order chi connectivity index (χ0) is 34.2. The molecule has 3 aromatic heterocycles. The Morgan fingerprint density at radius 2 is 1.27 bits per heavy atom. The maximum absolute atomic E-state index is 11.4. The highest BCUT2D eigenvalue weighted by Crippen LogP contribution is 2.37. The highest BCUT2D eigenvalue weighted by atomic mass is 127. The number of rotatable bonds is 2. The average Bonchev–Trinajstić information content (AvgIpc) is 3.81. The Bertz CT molecular complexity index is 2350. The molecule has 0 amide bonds. The summed E-state index contributed by atoms with van der Waals surface area (Å²) in [6, 6.07) is 28.1. The second-order valence-electron chi connectivity index (χ2n) is 15.7. The minimum absolute atomic E-state index is 0.0303. The van der Waals surface area contributed by atoms with Crippen LogP contribution in [-0.2, 0) is 22.7 Å². The second-order valence-corrected chi connectivity index (χ2v) is 17.0. The van der Waals surface area contributed by atoms with E-state index in [9.17, 15) is 5.11 Å². The van der Waals surface area contributed by atoms with E-state index in [1.807, 2.05) is 26.0 Å². The number of aliphatic hydroxyl groups is 1. The van der Waals surface area contributed by atoms with Crippen molar-refractivity contribution in [2.24, 2.45) is 0 Å². The molecule has 0 unspecified atom stereocenters. The fraction of sp³-hybridized carbons (Fsp3) is 0.286. The van der Waals surface area contributed by atoms with Crippen LogP contribution in [-0.4, -0.2) is 25.0 Å². The van der Waals surface area contributed by atoms with Gasteiger partial charge in [0.15, 0.2) is 0 Å². The van der Waals surface area contributed by atoms with Crippen molar-refractivity contribution in [1.82, 2.24) is 19.9 Å². The number of H-pyrrole nitrogens is 2. The van der Waals surface area contributed by atoms with Crippen LogP contribution in [0, 0.1) is 3.57 Å². The lowest BCUT2D eigenvalue weighted by Gasteiger charge is -2.26. The van der Waals surface area contributed by atoms with Gasteiger partial charge in [-0.1, -0.05) is 78.0 Å². The van der Waals surface area contributed by atoms with Gasteiger partial charge >= 0.3 is 0 Å². The van der Waals surface area contributed by atoms with Gasteiger partial charge in [-0.05, 0) is 118 Å². The van der Waals surface area contributed by atoms with Gasteiger partial charge in [-0.3, -0.25) is 4.98 Å². The van der Waals surface area contributed by atoms with Crippen LogP contribution in [0.3, 0.4) is 0 Å². The van der Waals surface area contributed by atoms with Crippen molar-refractivity contribution >= 4 is 56.5 Å². The van der Waals surface area contributed by atoms with E-state index in [0.717, 1.165) is 61.1 Å². The highest BCUT2D eigenvalue weighted by molar-refractivity contribution is 14.1. The normalized spacial score (nSPS) is 14.6. The van der Waals surface area contributed by atoms with Crippen molar-refractivity contribution in [2.75, 3.05) is 0 Å². The summed E-state index contributed by atoms with van der Waals surface area (Å²) in [5.74, 6) is 0.260. The number of aliphatic hydroxyl groups excluding tert-OH is 1. The molecule has 8 bridgehead atoms. The van der Waals surface area contributed by atoms with Crippen LogP contribution in [0.1, 0.15) is 77.9 Å². The minimum Gasteiger partial charge on any atom is -0.509 e. The smallest absolute Gasteiger partial charge is 0.129 e. The van der Waals surface area contributed by atoms with E-state index >= 15 is 0 Å². The van der Waals surface area contributed by atoms with Crippen molar-refractivity contribution in [2.45, 2.75) is 78.1 Å². The molecule has 2 aromatic carbocycles. The lowest BCUT2D eigenvalue weighted by atomic mass is 9.78. The number of benzene rings is 2. The molecule has 48 heavy (non-hydrogen) atoms. The number of fused-ring (bicyclic) bond motifs is 8. The van der Waals surface area contributed by atoms with E-state index in [4.69, 9.17) is 9.97 Å². The monoisotopic (exact) mass is 746 g/mol. The molecule has 6 heteroatoms. The first kappa shape index (κ1) is 32.4. The van der Waals surface area contributed by atoms with Gasteiger partial charge in [0.1, 0.15) is 11.1 Å². The quantitative estimate of drug-likeness (QED) is 0.158. The van der Waals surface area contributed by atoms with E-state index in [0.29, 0.717) is 11.8 Å². The Kier molecular flexibility index (Phi) is 7.74. The Morgan fingerprint density at radius 1 is 0.688 bits per heavy atom. The fourth-order valence-electron chi connectivity index (χ4n) is 6.58. The molecule has 0 saturated carbocycles. The summed E-state index contributed by atoms with van der Waals surface area (Å²) in [6.07, 6.45) is 2.96. The maximum atomic E-state index is 11.4. The van der Waals surface area contributed by atoms with Gasteiger partial charge in [-0.25, -0.2) is 4.98 Å². The largest absolute Gasteiger partial charge is 0.509 e.